The van der Waals surface area contributed by atoms with E-state index >= 15 is 0 Å². The number of hydrogen-bond donors (Lipinski definition) is 2. The number of nitrogens with one attached hydrogen (secondary N) is 1. The van der Waals surface area contributed by atoms with Gasteiger partial charge in [-0.2, -0.15) is 0 Å². The van der Waals surface area contributed by atoms with E-state index in [2.05, 4.69) is 40.3 Å². The molecule has 1 aromatic rings. The summed E-state index contributed by atoms with van der Waals surface area (Å²) in [6.45, 7) is 3.91. The zero-order valence-corrected chi connectivity index (χ0v) is 13.4. The van der Waals surface area contributed by atoms with Crippen LogP contribution in [0.2, 0.25) is 0 Å². The lowest BCUT2D eigenvalue weighted by molar-refractivity contribution is 0.272. The minimum Gasteiger partial charge on any atom is -0.493 e. The maximum atomic E-state index is 8.72. The molecule has 0 atom stereocenters. The summed E-state index contributed by atoms with van der Waals surface area (Å²) < 4.78 is 7.02. The van der Waals surface area contributed by atoms with Gasteiger partial charge in [-0.15, -0.1) is 0 Å². The molecule has 0 unspecified atom stereocenters. The van der Waals surface area contributed by atoms with Crippen LogP contribution in [0.1, 0.15) is 36.8 Å². The molecule has 0 fully saturated rings. The molecule has 0 amide bonds. The van der Waals surface area contributed by atoms with Crippen molar-refractivity contribution in [3.63, 3.8) is 0 Å². The molecule has 0 aliphatic carbocycles. The highest BCUT2D eigenvalue weighted by Crippen LogP contribution is 2.28. The van der Waals surface area contributed by atoms with Crippen LogP contribution in [0, 0.1) is 6.92 Å². The fourth-order valence-electron chi connectivity index (χ4n) is 2.07. The molecule has 1 rings (SSSR count). The molecule has 19 heavy (non-hydrogen) atoms. The van der Waals surface area contributed by atoms with Gasteiger partial charge in [0.1, 0.15) is 5.75 Å². The van der Waals surface area contributed by atoms with Crippen LogP contribution in [0.4, 0.5) is 0 Å². The first kappa shape index (κ1) is 16.5. The van der Waals surface area contributed by atoms with Gasteiger partial charge in [0.15, 0.2) is 0 Å². The molecule has 0 saturated carbocycles. The van der Waals surface area contributed by atoms with Crippen molar-refractivity contribution in [2.24, 2.45) is 0 Å². The molecule has 4 heteroatoms. The highest BCUT2D eigenvalue weighted by molar-refractivity contribution is 9.10. The van der Waals surface area contributed by atoms with Crippen molar-refractivity contribution in [1.29, 1.82) is 0 Å². The maximum absolute atomic E-state index is 8.72. The molecule has 0 aliphatic heterocycles. The van der Waals surface area contributed by atoms with Crippen molar-refractivity contribution in [1.82, 2.24) is 5.32 Å². The van der Waals surface area contributed by atoms with Crippen LogP contribution < -0.4 is 10.1 Å². The monoisotopic (exact) mass is 329 g/mol. The van der Waals surface area contributed by atoms with E-state index in [1.807, 2.05) is 7.05 Å². The molecule has 3 nitrogen and oxygen atoms in total. The second-order valence-electron chi connectivity index (χ2n) is 4.73. The van der Waals surface area contributed by atoms with Gasteiger partial charge in [0.05, 0.1) is 6.61 Å². The molecular formula is C15H24BrNO2. The van der Waals surface area contributed by atoms with Crippen LogP contribution in [0.25, 0.3) is 0 Å². The maximum Gasteiger partial charge on any atom is 0.126 e. The third-order valence-corrected chi connectivity index (χ3v) is 3.44. The Morgan fingerprint density at radius 2 is 1.95 bits per heavy atom. The van der Waals surface area contributed by atoms with Crippen molar-refractivity contribution < 1.29 is 9.84 Å². The van der Waals surface area contributed by atoms with E-state index in [9.17, 15) is 0 Å². The zero-order chi connectivity index (χ0) is 14.1. The molecule has 1 aromatic carbocycles. The molecule has 0 aromatic heterocycles. The second-order valence-corrected chi connectivity index (χ2v) is 5.64. The Morgan fingerprint density at radius 1 is 1.21 bits per heavy atom. The number of aryl methyl sites for hydroxylation is 1. The van der Waals surface area contributed by atoms with Crippen molar-refractivity contribution >= 4 is 15.9 Å². The van der Waals surface area contributed by atoms with Gasteiger partial charge in [-0.3, -0.25) is 0 Å². The Hall–Kier alpha value is -0.580. The predicted molar refractivity (Wildman–Crippen MR) is 82.7 cm³/mol. The van der Waals surface area contributed by atoms with Gasteiger partial charge in [0, 0.05) is 23.2 Å². The number of rotatable bonds is 9. The summed E-state index contributed by atoms with van der Waals surface area (Å²) in [4.78, 5) is 0. The Balaban J connectivity index is 2.51. The zero-order valence-electron chi connectivity index (χ0n) is 11.8. The summed E-state index contributed by atoms with van der Waals surface area (Å²) in [6.07, 6.45) is 4.11. The molecule has 2 N–H and O–H groups in total. The Morgan fingerprint density at radius 3 is 2.63 bits per heavy atom. The number of aliphatic hydroxyl groups is 1. The lowest BCUT2D eigenvalue weighted by Crippen LogP contribution is -2.09. The lowest BCUT2D eigenvalue weighted by atomic mass is 10.1. The third kappa shape index (κ3) is 5.93. The van der Waals surface area contributed by atoms with Crippen LogP contribution in [-0.4, -0.2) is 25.4 Å². The van der Waals surface area contributed by atoms with Gasteiger partial charge < -0.3 is 15.2 Å². The van der Waals surface area contributed by atoms with Gasteiger partial charge in [-0.1, -0.05) is 22.4 Å². The molecular weight excluding hydrogens is 306 g/mol. The average molecular weight is 330 g/mol. The predicted octanol–water partition coefficient (Wildman–Crippen LogP) is 3.41. The molecule has 0 saturated heterocycles. The topological polar surface area (TPSA) is 41.5 Å². The fraction of sp³-hybridized carbons (Fsp3) is 0.600. The molecule has 0 heterocycles. The molecule has 108 valence electrons. The standard InChI is InChI=1S/C15H24BrNO2/c1-12-9-14(16)10-13(11-17-2)15(12)19-8-6-4-3-5-7-18/h9-10,17-18H,3-8,11H2,1-2H3. The molecule has 0 spiro atoms. The van der Waals surface area contributed by atoms with E-state index in [0.717, 1.165) is 54.6 Å². The number of hydrogen-bond acceptors (Lipinski definition) is 3. The van der Waals surface area contributed by atoms with Gasteiger partial charge in [-0.05, 0) is 50.9 Å². The largest absolute Gasteiger partial charge is 0.493 e. The van der Waals surface area contributed by atoms with E-state index in [1.165, 1.54) is 5.56 Å². The average Bonchev–Trinajstić information content (AvgIpc) is 2.36. The van der Waals surface area contributed by atoms with E-state index in [0.29, 0.717) is 6.61 Å². The quantitative estimate of drug-likeness (QED) is 0.682. The van der Waals surface area contributed by atoms with Crippen LogP contribution in [0.15, 0.2) is 16.6 Å². The number of aliphatic hydroxyl groups excluding tert-OH is 1. The van der Waals surface area contributed by atoms with Crippen LogP contribution >= 0.6 is 15.9 Å². The minimum atomic E-state index is 0.291. The smallest absolute Gasteiger partial charge is 0.126 e. The van der Waals surface area contributed by atoms with E-state index in [1.54, 1.807) is 0 Å². The van der Waals surface area contributed by atoms with Gasteiger partial charge in [0.25, 0.3) is 0 Å². The molecule has 0 bridgehead atoms. The highest BCUT2D eigenvalue weighted by atomic mass is 79.9. The van der Waals surface area contributed by atoms with Crippen molar-refractivity contribution in [2.75, 3.05) is 20.3 Å². The summed E-state index contributed by atoms with van der Waals surface area (Å²) in [5.74, 6) is 1.000. The second kappa shape index (κ2) is 9.34. The van der Waals surface area contributed by atoms with Gasteiger partial charge in [-0.25, -0.2) is 0 Å². The summed E-state index contributed by atoms with van der Waals surface area (Å²) in [6, 6.07) is 4.19. The molecule has 0 radical (unpaired) electrons. The molecule has 0 aliphatic rings. The number of ether oxygens (including phenoxy) is 1. The van der Waals surface area contributed by atoms with E-state index < -0.39 is 0 Å². The number of unbranched alkanes of at least 4 members (excludes halogenated alkanes) is 3. The lowest BCUT2D eigenvalue weighted by Gasteiger charge is -2.15. The minimum absolute atomic E-state index is 0.291. The Bertz CT molecular complexity index is 383. The first-order valence-electron chi connectivity index (χ1n) is 6.86. The summed E-state index contributed by atoms with van der Waals surface area (Å²) in [7, 11) is 1.94. The van der Waals surface area contributed by atoms with Crippen molar-refractivity contribution in [3.05, 3.63) is 27.7 Å². The van der Waals surface area contributed by atoms with E-state index in [4.69, 9.17) is 9.84 Å². The van der Waals surface area contributed by atoms with Crippen LogP contribution in [0.3, 0.4) is 0 Å². The Labute approximate surface area is 124 Å². The van der Waals surface area contributed by atoms with Gasteiger partial charge in [0.2, 0.25) is 0 Å². The first-order valence-corrected chi connectivity index (χ1v) is 7.65. The van der Waals surface area contributed by atoms with Crippen LogP contribution in [0.5, 0.6) is 5.75 Å². The number of benzene rings is 1. The first-order chi connectivity index (χ1) is 9.19. The summed E-state index contributed by atoms with van der Waals surface area (Å²) in [5, 5.41) is 11.9. The number of halogens is 1. The van der Waals surface area contributed by atoms with E-state index in [-0.39, 0.29) is 0 Å². The summed E-state index contributed by atoms with van der Waals surface area (Å²) in [5.41, 5.74) is 2.35. The fourth-order valence-corrected chi connectivity index (χ4v) is 2.69. The highest BCUT2D eigenvalue weighted by Gasteiger charge is 2.08. The normalized spacial score (nSPS) is 10.7. The third-order valence-electron chi connectivity index (χ3n) is 2.98. The van der Waals surface area contributed by atoms with Gasteiger partial charge >= 0.3 is 0 Å². The summed E-state index contributed by atoms with van der Waals surface area (Å²) >= 11 is 3.52. The van der Waals surface area contributed by atoms with Crippen molar-refractivity contribution in [2.45, 2.75) is 39.2 Å². The van der Waals surface area contributed by atoms with Crippen LogP contribution in [-0.2, 0) is 6.54 Å². The Kier molecular flexibility index (Phi) is 8.10. The SMILES string of the molecule is CNCc1cc(Br)cc(C)c1OCCCCCCO. The van der Waals surface area contributed by atoms with Crippen molar-refractivity contribution in [3.8, 4) is 5.75 Å².